The van der Waals surface area contributed by atoms with Gasteiger partial charge in [0.15, 0.2) is 0 Å². The van der Waals surface area contributed by atoms with E-state index in [0.29, 0.717) is 6.42 Å². The van der Waals surface area contributed by atoms with Crippen LogP contribution in [0, 0.1) is 0 Å². The molecule has 2 aromatic carbocycles. The van der Waals surface area contributed by atoms with Gasteiger partial charge in [-0.25, -0.2) is 0 Å². The van der Waals surface area contributed by atoms with E-state index in [1.807, 2.05) is 48.5 Å². The Kier molecular flexibility index (Phi) is 5.78. The van der Waals surface area contributed by atoms with E-state index in [1.165, 1.54) is 0 Å². The van der Waals surface area contributed by atoms with Gasteiger partial charge < -0.3 is 14.6 Å². The second-order valence-electron chi connectivity index (χ2n) is 6.51. The van der Waals surface area contributed by atoms with E-state index in [2.05, 4.69) is 4.90 Å². The number of aliphatic carboxylic acids is 1. The molecule has 0 bridgehead atoms. The van der Waals surface area contributed by atoms with E-state index >= 15 is 0 Å². The molecule has 2 aromatic rings. The zero-order valence-corrected chi connectivity index (χ0v) is 15.2. The van der Waals surface area contributed by atoms with Crippen molar-refractivity contribution < 1.29 is 19.4 Å². The molecule has 0 aliphatic carbocycles. The summed E-state index contributed by atoms with van der Waals surface area (Å²) < 4.78 is 11.0. The van der Waals surface area contributed by atoms with Crippen LogP contribution in [0.2, 0.25) is 0 Å². The Morgan fingerprint density at radius 1 is 1.12 bits per heavy atom. The fourth-order valence-electron chi connectivity index (χ4n) is 3.77. The second kappa shape index (κ2) is 8.23. The van der Waals surface area contributed by atoms with E-state index in [9.17, 15) is 9.90 Å². The molecule has 1 heterocycles. The quantitative estimate of drug-likeness (QED) is 0.855. The van der Waals surface area contributed by atoms with Gasteiger partial charge in [-0.2, -0.15) is 0 Å². The van der Waals surface area contributed by atoms with Gasteiger partial charge >= 0.3 is 5.97 Å². The van der Waals surface area contributed by atoms with Crippen LogP contribution < -0.4 is 9.47 Å². The van der Waals surface area contributed by atoms with Crippen LogP contribution in [0.15, 0.2) is 48.5 Å². The first kappa shape index (κ1) is 18.3. The van der Waals surface area contributed by atoms with E-state index in [4.69, 9.17) is 9.47 Å². The Morgan fingerprint density at radius 3 is 2.54 bits per heavy atom. The van der Waals surface area contributed by atoms with E-state index < -0.39 is 12.0 Å². The molecule has 0 radical (unpaired) electrons. The fourth-order valence-corrected chi connectivity index (χ4v) is 3.77. The SMILES string of the molecule is COc1ccc(OC)c(C(c2ccccc2)N2CCCCC2C(=O)O)c1. The highest BCUT2D eigenvalue weighted by Gasteiger charge is 2.36. The number of benzene rings is 2. The lowest BCUT2D eigenvalue weighted by atomic mass is 9.91. The van der Waals surface area contributed by atoms with Crippen LogP contribution in [-0.2, 0) is 4.79 Å². The van der Waals surface area contributed by atoms with Crippen LogP contribution in [0.25, 0.3) is 0 Å². The molecule has 3 rings (SSSR count). The van der Waals surface area contributed by atoms with Gasteiger partial charge in [-0.15, -0.1) is 0 Å². The molecule has 1 N–H and O–H groups in total. The van der Waals surface area contributed by atoms with Crippen molar-refractivity contribution in [2.75, 3.05) is 20.8 Å². The molecule has 1 saturated heterocycles. The van der Waals surface area contributed by atoms with Crippen LogP contribution in [0.1, 0.15) is 36.4 Å². The van der Waals surface area contributed by atoms with Crippen molar-refractivity contribution in [2.24, 2.45) is 0 Å². The molecule has 5 heteroatoms. The minimum absolute atomic E-state index is 0.206. The highest BCUT2D eigenvalue weighted by Crippen LogP contribution is 2.39. The Hall–Kier alpha value is -2.53. The topological polar surface area (TPSA) is 59.0 Å². The predicted octanol–water partition coefficient (Wildman–Crippen LogP) is 3.73. The molecular weight excluding hydrogens is 330 g/mol. The summed E-state index contributed by atoms with van der Waals surface area (Å²) in [5.74, 6) is 0.687. The van der Waals surface area contributed by atoms with Gasteiger partial charge in [0.05, 0.1) is 20.3 Å². The molecule has 2 unspecified atom stereocenters. The lowest BCUT2D eigenvalue weighted by molar-refractivity contribution is -0.145. The Labute approximate surface area is 154 Å². The van der Waals surface area contributed by atoms with Crippen LogP contribution in [0.5, 0.6) is 11.5 Å². The third-order valence-corrected chi connectivity index (χ3v) is 5.01. The Morgan fingerprint density at radius 2 is 1.88 bits per heavy atom. The third kappa shape index (κ3) is 3.68. The predicted molar refractivity (Wildman–Crippen MR) is 99.8 cm³/mol. The smallest absolute Gasteiger partial charge is 0.320 e. The highest BCUT2D eigenvalue weighted by atomic mass is 16.5. The van der Waals surface area contributed by atoms with E-state index in [-0.39, 0.29) is 6.04 Å². The standard InChI is InChI=1S/C21H25NO4/c1-25-16-11-12-19(26-2)17(14-16)20(15-8-4-3-5-9-15)22-13-7-6-10-18(22)21(23)24/h3-5,8-9,11-12,14,18,20H,6-7,10,13H2,1-2H3,(H,23,24). The van der Waals surface area contributed by atoms with E-state index in [0.717, 1.165) is 42.0 Å². The van der Waals surface area contributed by atoms with Gasteiger partial charge in [-0.05, 0) is 43.1 Å². The molecular formula is C21H25NO4. The first-order valence-corrected chi connectivity index (χ1v) is 8.91. The average Bonchev–Trinajstić information content (AvgIpc) is 2.69. The number of nitrogens with zero attached hydrogens (tertiary/aromatic N) is 1. The van der Waals surface area contributed by atoms with Crippen molar-refractivity contribution >= 4 is 5.97 Å². The van der Waals surface area contributed by atoms with Crippen molar-refractivity contribution in [3.63, 3.8) is 0 Å². The maximum absolute atomic E-state index is 11.9. The normalized spacial score (nSPS) is 18.9. The molecule has 0 spiro atoms. The van der Waals surface area contributed by atoms with Gasteiger partial charge in [0, 0.05) is 5.56 Å². The van der Waals surface area contributed by atoms with Crippen molar-refractivity contribution in [2.45, 2.75) is 31.3 Å². The molecule has 1 aliphatic heterocycles. The van der Waals surface area contributed by atoms with Crippen LogP contribution in [-0.4, -0.2) is 42.8 Å². The summed E-state index contributed by atoms with van der Waals surface area (Å²) in [5, 5.41) is 9.78. The molecule has 138 valence electrons. The number of carboxylic acid groups (broad SMARTS) is 1. The van der Waals surface area contributed by atoms with Crippen molar-refractivity contribution in [1.82, 2.24) is 4.90 Å². The van der Waals surface area contributed by atoms with Gasteiger partial charge in [0.2, 0.25) is 0 Å². The zero-order valence-electron chi connectivity index (χ0n) is 15.2. The number of hydrogen-bond acceptors (Lipinski definition) is 4. The number of ether oxygens (including phenoxy) is 2. The second-order valence-corrected chi connectivity index (χ2v) is 6.51. The minimum atomic E-state index is -0.771. The molecule has 1 aliphatic rings. The monoisotopic (exact) mass is 355 g/mol. The lowest BCUT2D eigenvalue weighted by Crippen LogP contribution is -2.46. The summed E-state index contributed by atoms with van der Waals surface area (Å²) in [5.41, 5.74) is 1.97. The van der Waals surface area contributed by atoms with Gasteiger partial charge in [0.1, 0.15) is 17.5 Å². The van der Waals surface area contributed by atoms with Crippen molar-refractivity contribution in [1.29, 1.82) is 0 Å². The first-order valence-electron chi connectivity index (χ1n) is 8.91. The number of carbonyl (C=O) groups is 1. The zero-order chi connectivity index (χ0) is 18.5. The number of piperidine rings is 1. The highest BCUT2D eigenvalue weighted by molar-refractivity contribution is 5.73. The van der Waals surface area contributed by atoms with Crippen LogP contribution in [0.4, 0.5) is 0 Å². The fraction of sp³-hybridized carbons (Fsp3) is 0.381. The molecule has 0 amide bonds. The van der Waals surface area contributed by atoms with Crippen LogP contribution in [0.3, 0.4) is 0 Å². The average molecular weight is 355 g/mol. The third-order valence-electron chi connectivity index (χ3n) is 5.01. The van der Waals surface area contributed by atoms with Gasteiger partial charge in [-0.3, -0.25) is 9.69 Å². The van der Waals surface area contributed by atoms with Crippen LogP contribution >= 0.6 is 0 Å². The van der Waals surface area contributed by atoms with Gasteiger partial charge in [0.25, 0.3) is 0 Å². The number of hydrogen-bond donors (Lipinski definition) is 1. The summed E-state index contributed by atoms with van der Waals surface area (Å²) in [6.07, 6.45) is 2.58. The largest absolute Gasteiger partial charge is 0.497 e. The summed E-state index contributed by atoms with van der Waals surface area (Å²) in [4.78, 5) is 14.0. The number of carboxylic acids is 1. The lowest BCUT2D eigenvalue weighted by Gasteiger charge is -2.40. The molecule has 0 aromatic heterocycles. The summed E-state index contributed by atoms with van der Waals surface area (Å²) in [6, 6.07) is 15.0. The number of rotatable bonds is 6. The molecule has 1 fully saturated rings. The molecule has 2 atom stereocenters. The first-order chi connectivity index (χ1) is 12.7. The van der Waals surface area contributed by atoms with Crippen molar-refractivity contribution in [3.8, 4) is 11.5 Å². The van der Waals surface area contributed by atoms with Gasteiger partial charge in [-0.1, -0.05) is 36.8 Å². The maximum Gasteiger partial charge on any atom is 0.320 e. The summed E-state index contributed by atoms with van der Waals surface area (Å²) in [7, 11) is 3.27. The summed E-state index contributed by atoms with van der Waals surface area (Å²) in [6.45, 7) is 0.733. The maximum atomic E-state index is 11.9. The Balaban J connectivity index is 2.14. The van der Waals surface area contributed by atoms with Crippen molar-refractivity contribution in [3.05, 3.63) is 59.7 Å². The van der Waals surface area contributed by atoms with E-state index in [1.54, 1.807) is 14.2 Å². The minimum Gasteiger partial charge on any atom is -0.497 e. The number of methoxy groups -OCH3 is 2. The molecule has 5 nitrogen and oxygen atoms in total. The molecule has 26 heavy (non-hydrogen) atoms. The molecule has 0 saturated carbocycles. The summed E-state index contributed by atoms with van der Waals surface area (Å²) >= 11 is 0. The number of likely N-dealkylation sites (tertiary alicyclic amines) is 1. The Bertz CT molecular complexity index is 747.